The van der Waals surface area contributed by atoms with Gasteiger partial charge < -0.3 is 9.47 Å². The normalized spacial score (nSPS) is 11.5. The molecule has 7 heteroatoms. The lowest BCUT2D eigenvalue weighted by molar-refractivity contribution is -0.384. The number of carbonyl (C=O) groups is 2. The molecule has 0 spiro atoms. The summed E-state index contributed by atoms with van der Waals surface area (Å²) in [5.74, 6) is -0.416. The third kappa shape index (κ3) is 4.55. The van der Waals surface area contributed by atoms with Gasteiger partial charge in [-0.2, -0.15) is 0 Å². The quantitative estimate of drug-likeness (QED) is 0.316. The highest BCUT2D eigenvalue weighted by molar-refractivity contribution is 5.81. The molecular formula is C14H17NO6. The van der Waals surface area contributed by atoms with E-state index >= 15 is 0 Å². The second-order valence-corrected chi connectivity index (χ2v) is 4.37. The van der Waals surface area contributed by atoms with E-state index in [0.717, 1.165) is 18.9 Å². The molecule has 1 unspecified atom stereocenters. The van der Waals surface area contributed by atoms with Crippen LogP contribution in [0, 0.1) is 10.1 Å². The van der Waals surface area contributed by atoms with Gasteiger partial charge in [-0.25, -0.2) is 4.79 Å². The summed E-state index contributed by atoms with van der Waals surface area (Å²) in [6.45, 7) is 1.97. The van der Waals surface area contributed by atoms with E-state index in [1.807, 2.05) is 6.92 Å². The topological polar surface area (TPSA) is 95.7 Å². The summed E-state index contributed by atoms with van der Waals surface area (Å²) in [6, 6.07) is 3.64. The maximum Gasteiger partial charge on any atom is 0.347 e. The molecule has 0 N–H and O–H groups in total. The van der Waals surface area contributed by atoms with Gasteiger partial charge in [-0.05, 0) is 18.9 Å². The first-order chi connectivity index (χ1) is 10.0. The standard InChI is InChI=1S/C14H17NO6/c1-3-4-5-13(14(17)20-2)21-12-7-6-11(15(18)19)8-10(12)9-16/h6-9,13H,3-5H2,1-2H3. The Morgan fingerprint density at radius 2 is 2.19 bits per heavy atom. The van der Waals surface area contributed by atoms with Crippen molar-refractivity contribution in [1.82, 2.24) is 0 Å². The highest BCUT2D eigenvalue weighted by Crippen LogP contribution is 2.25. The fraction of sp³-hybridized carbons (Fsp3) is 0.429. The van der Waals surface area contributed by atoms with Crippen LogP contribution in [-0.2, 0) is 9.53 Å². The Balaban J connectivity index is 2.99. The summed E-state index contributed by atoms with van der Waals surface area (Å²) in [7, 11) is 1.25. The van der Waals surface area contributed by atoms with Gasteiger partial charge in [-0.3, -0.25) is 14.9 Å². The zero-order chi connectivity index (χ0) is 15.8. The van der Waals surface area contributed by atoms with Crippen LogP contribution in [-0.4, -0.2) is 30.4 Å². The zero-order valence-electron chi connectivity index (χ0n) is 11.9. The first-order valence-electron chi connectivity index (χ1n) is 6.51. The maximum atomic E-state index is 11.7. The van der Waals surface area contributed by atoms with E-state index in [1.54, 1.807) is 0 Å². The van der Waals surface area contributed by atoms with Crippen molar-refractivity contribution in [2.45, 2.75) is 32.3 Å². The fourth-order valence-corrected chi connectivity index (χ4v) is 1.75. The lowest BCUT2D eigenvalue weighted by atomic mass is 10.1. The van der Waals surface area contributed by atoms with Crippen molar-refractivity contribution in [2.75, 3.05) is 7.11 Å². The van der Waals surface area contributed by atoms with Gasteiger partial charge in [0, 0.05) is 12.1 Å². The molecule has 0 aromatic heterocycles. The summed E-state index contributed by atoms with van der Waals surface area (Å²) >= 11 is 0. The van der Waals surface area contributed by atoms with Crippen LogP contribution in [0.15, 0.2) is 18.2 Å². The average Bonchev–Trinajstić information content (AvgIpc) is 2.50. The summed E-state index contributed by atoms with van der Waals surface area (Å²) < 4.78 is 10.2. The SMILES string of the molecule is CCCCC(Oc1ccc([N+](=O)[O-])cc1C=O)C(=O)OC. The first-order valence-corrected chi connectivity index (χ1v) is 6.51. The van der Waals surface area contributed by atoms with E-state index in [-0.39, 0.29) is 17.0 Å². The molecule has 0 fully saturated rings. The van der Waals surface area contributed by atoms with E-state index in [0.29, 0.717) is 12.7 Å². The third-order valence-electron chi connectivity index (χ3n) is 2.88. The number of aldehydes is 1. The molecule has 0 heterocycles. The maximum absolute atomic E-state index is 11.7. The molecular weight excluding hydrogens is 278 g/mol. The van der Waals surface area contributed by atoms with Crippen molar-refractivity contribution in [3.05, 3.63) is 33.9 Å². The fourth-order valence-electron chi connectivity index (χ4n) is 1.75. The van der Waals surface area contributed by atoms with Crippen LogP contribution in [0.4, 0.5) is 5.69 Å². The summed E-state index contributed by atoms with van der Waals surface area (Å²) in [5, 5.41) is 10.7. The number of non-ortho nitro benzene ring substituents is 1. The minimum Gasteiger partial charge on any atom is -0.478 e. The van der Waals surface area contributed by atoms with Crippen LogP contribution in [0.25, 0.3) is 0 Å². The number of nitrogens with zero attached hydrogens (tertiary/aromatic N) is 1. The van der Waals surface area contributed by atoms with Crippen molar-refractivity contribution < 1.29 is 24.0 Å². The van der Waals surface area contributed by atoms with Crippen molar-refractivity contribution in [1.29, 1.82) is 0 Å². The Bertz CT molecular complexity index is 528. The Kier molecular flexibility index (Phi) is 6.32. The van der Waals surface area contributed by atoms with Crippen LogP contribution in [0.2, 0.25) is 0 Å². The van der Waals surface area contributed by atoms with Gasteiger partial charge in [0.1, 0.15) is 5.75 Å². The lowest BCUT2D eigenvalue weighted by Crippen LogP contribution is -2.29. The highest BCUT2D eigenvalue weighted by atomic mass is 16.6. The number of rotatable bonds is 8. The number of hydrogen-bond acceptors (Lipinski definition) is 6. The predicted molar refractivity (Wildman–Crippen MR) is 74.4 cm³/mol. The molecule has 0 aliphatic carbocycles. The smallest absolute Gasteiger partial charge is 0.347 e. The second kappa shape index (κ2) is 7.98. The lowest BCUT2D eigenvalue weighted by Gasteiger charge is -2.17. The van der Waals surface area contributed by atoms with Crippen LogP contribution < -0.4 is 4.74 Å². The molecule has 0 saturated carbocycles. The van der Waals surface area contributed by atoms with E-state index in [2.05, 4.69) is 4.74 Å². The molecule has 21 heavy (non-hydrogen) atoms. The Morgan fingerprint density at radius 1 is 1.48 bits per heavy atom. The molecule has 7 nitrogen and oxygen atoms in total. The Labute approximate surface area is 122 Å². The summed E-state index contributed by atoms with van der Waals surface area (Å²) in [6.07, 6.45) is 1.69. The van der Waals surface area contributed by atoms with Gasteiger partial charge in [0.2, 0.25) is 0 Å². The number of hydrogen-bond donors (Lipinski definition) is 0. The zero-order valence-corrected chi connectivity index (χ0v) is 11.9. The van der Waals surface area contributed by atoms with Crippen molar-refractivity contribution in [3.8, 4) is 5.75 Å². The molecule has 1 rings (SSSR count). The van der Waals surface area contributed by atoms with Gasteiger partial charge in [0.05, 0.1) is 17.6 Å². The van der Waals surface area contributed by atoms with E-state index in [4.69, 9.17) is 4.74 Å². The molecule has 1 aromatic carbocycles. The van der Waals surface area contributed by atoms with Crippen LogP contribution in [0.5, 0.6) is 5.75 Å². The van der Waals surface area contributed by atoms with Gasteiger partial charge >= 0.3 is 5.97 Å². The van der Waals surface area contributed by atoms with Crippen molar-refractivity contribution in [3.63, 3.8) is 0 Å². The van der Waals surface area contributed by atoms with Gasteiger partial charge in [-0.1, -0.05) is 13.3 Å². The number of benzene rings is 1. The van der Waals surface area contributed by atoms with Crippen LogP contribution in [0.1, 0.15) is 36.5 Å². The average molecular weight is 295 g/mol. The number of nitro benzene ring substituents is 1. The molecule has 0 saturated heterocycles. The van der Waals surface area contributed by atoms with Crippen LogP contribution >= 0.6 is 0 Å². The van der Waals surface area contributed by atoms with Gasteiger partial charge in [-0.15, -0.1) is 0 Å². The Morgan fingerprint density at radius 3 is 2.71 bits per heavy atom. The largest absolute Gasteiger partial charge is 0.478 e. The number of methoxy groups -OCH3 is 1. The molecule has 0 aliphatic heterocycles. The van der Waals surface area contributed by atoms with Crippen molar-refractivity contribution in [2.24, 2.45) is 0 Å². The second-order valence-electron chi connectivity index (χ2n) is 4.37. The first kappa shape index (κ1) is 16.6. The molecule has 0 bridgehead atoms. The number of nitro groups is 1. The van der Waals surface area contributed by atoms with E-state index < -0.39 is 17.0 Å². The predicted octanol–water partition coefficient (Wildman–Crippen LogP) is 2.52. The van der Waals surface area contributed by atoms with Crippen LogP contribution in [0.3, 0.4) is 0 Å². The highest BCUT2D eigenvalue weighted by Gasteiger charge is 2.22. The third-order valence-corrected chi connectivity index (χ3v) is 2.88. The molecule has 0 aliphatic rings. The molecule has 0 amide bonds. The Hall–Kier alpha value is -2.44. The number of ether oxygens (including phenoxy) is 2. The number of carbonyl (C=O) groups excluding carboxylic acids is 2. The minimum atomic E-state index is -0.838. The van der Waals surface area contributed by atoms with E-state index in [9.17, 15) is 19.7 Å². The molecule has 1 aromatic rings. The summed E-state index contributed by atoms with van der Waals surface area (Å²) in [5.41, 5.74) is -0.192. The monoisotopic (exact) mass is 295 g/mol. The molecule has 1 atom stereocenters. The van der Waals surface area contributed by atoms with Gasteiger partial charge in [0.15, 0.2) is 12.4 Å². The summed E-state index contributed by atoms with van der Waals surface area (Å²) in [4.78, 5) is 32.7. The minimum absolute atomic E-state index is 0.0228. The molecule has 0 radical (unpaired) electrons. The van der Waals surface area contributed by atoms with Gasteiger partial charge in [0.25, 0.3) is 5.69 Å². The number of unbranched alkanes of at least 4 members (excludes halogenated alkanes) is 1. The molecule has 114 valence electrons. The number of esters is 1. The van der Waals surface area contributed by atoms with Crippen molar-refractivity contribution >= 4 is 17.9 Å². The van der Waals surface area contributed by atoms with E-state index in [1.165, 1.54) is 19.2 Å².